The first-order valence-electron chi connectivity index (χ1n) is 5.59. The monoisotopic (exact) mass is 267 g/mol. The summed E-state index contributed by atoms with van der Waals surface area (Å²) in [7, 11) is -1.60. The number of sulfone groups is 1. The quantitative estimate of drug-likeness (QED) is 0.543. The Balaban J connectivity index is 2.40. The van der Waals surface area contributed by atoms with E-state index in [-0.39, 0.29) is 18.1 Å². The van der Waals surface area contributed by atoms with Crippen LogP contribution >= 0.6 is 0 Å². The largest absolute Gasteiger partial charge is 0.390 e. The van der Waals surface area contributed by atoms with E-state index in [9.17, 15) is 18.6 Å². The van der Waals surface area contributed by atoms with Gasteiger partial charge in [-0.3, -0.25) is 0 Å². The second-order valence-electron chi connectivity index (χ2n) is 4.87. The highest BCUT2D eigenvalue weighted by Crippen LogP contribution is 2.14. The second-order valence-corrected chi connectivity index (χ2v) is 7.03. The van der Waals surface area contributed by atoms with E-state index in [0.29, 0.717) is 13.0 Å². The third-order valence-electron chi connectivity index (χ3n) is 2.91. The molecule has 6 nitrogen and oxygen atoms in total. The summed E-state index contributed by atoms with van der Waals surface area (Å²) in [4.78, 5) is 0. The number of nitrogens with one attached hydrogen (secondary N) is 1. The van der Waals surface area contributed by atoms with Gasteiger partial charge in [-0.15, -0.1) is 0 Å². The Morgan fingerprint density at radius 1 is 1.47 bits per heavy atom. The fraction of sp³-hybridized carbons (Fsp3) is 1.00. The number of aliphatic hydroxyl groups excluding tert-OH is 1. The summed E-state index contributed by atoms with van der Waals surface area (Å²) >= 11 is 0. The Hall–Kier alpha value is -0.210. The van der Waals surface area contributed by atoms with Gasteiger partial charge >= 0.3 is 0 Å². The van der Waals surface area contributed by atoms with E-state index in [4.69, 9.17) is 4.74 Å². The molecular formula is C10H21NO5S. The van der Waals surface area contributed by atoms with Crippen molar-refractivity contribution >= 4 is 9.84 Å². The van der Waals surface area contributed by atoms with E-state index in [1.54, 1.807) is 14.0 Å². The highest BCUT2D eigenvalue weighted by Gasteiger charge is 2.37. The Morgan fingerprint density at radius 2 is 2.12 bits per heavy atom. The lowest BCUT2D eigenvalue weighted by molar-refractivity contribution is 0.0196. The van der Waals surface area contributed by atoms with Crippen LogP contribution in [-0.4, -0.2) is 68.1 Å². The molecule has 0 aliphatic carbocycles. The van der Waals surface area contributed by atoms with Crippen LogP contribution < -0.4 is 5.32 Å². The van der Waals surface area contributed by atoms with Crippen molar-refractivity contribution < 1.29 is 23.4 Å². The lowest BCUT2D eigenvalue weighted by Crippen LogP contribution is -2.47. The van der Waals surface area contributed by atoms with Gasteiger partial charge < -0.3 is 20.3 Å². The molecule has 0 amide bonds. The number of hydrogen-bond acceptors (Lipinski definition) is 6. The molecule has 1 fully saturated rings. The zero-order chi connectivity index (χ0) is 13.1. The first-order valence-corrected chi connectivity index (χ1v) is 7.41. The van der Waals surface area contributed by atoms with Gasteiger partial charge in [0.1, 0.15) is 0 Å². The molecular weight excluding hydrogens is 246 g/mol. The van der Waals surface area contributed by atoms with Gasteiger partial charge in [-0.05, 0) is 6.92 Å². The van der Waals surface area contributed by atoms with E-state index < -0.39 is 27.6 Å². The van der Waals surface area contributed by atoms with Crippen LogP contribution in [0.5, 0.6) is 0 Å². The van der Waals surface area contributed by atoms with E-state index >= 15 is 0 Å². The van der Waals surface area contributed by atoms with Crippen molar-refractivity contribution in [1.29, 1.82) is 0 Å². The average Bonchev–Trinajstić information content (AvgIpc) is 2.46. The Bertz CT molecular complexity index is 341. The molecule has 1 aliphatic heterocycles. The second kappa shape index (κ2) is 5.62. The van der Waals surface area contributed by atoms with Gasteiger partial charge in [0.15, 0.2) is 9.84 Å². The predicted molar refractivity (Wildman–Crippen MR) is 63.6 cm³/mol. The van der Waals surface area contributed by atoms with E-state index in [1.807, 2.05) is 0 Å². The standard InChI is InChI=1S/C10H21NO5S/c1-10(13,3-4-16-2)7-11-8-5-17(14,15)6-9(8)12/h8-9,11-13H,3-7H2,1-2H3. The minimum atomic E-state index is -3.15. The molecule has 102 valence electrons. The number of aliphatic hydroxyl groups is 2. The van der Waals surface area contributed by atoms with E-state index in [2.05, 4.69) is 5.32 Å². The minimum Gasteiger partial charge on any atom is -0.390 e. The van der Waals surface area contributed by atoms with Crippen LogP contribution in [0.3, 0.4) is 0 Å². The highest BCUT2D eigenvalue weighted by molar-refractivity contribution is 7.91. The topological polar surface area (TPSA) is 95.9 Å². The van der Waals surface area contributed by atoms with Crippen LogP contribution in [0, 0.1) is 0 Å². The maximum Gasteiger partial charge on any atom is 0.154 e. The van der Waals surface area contributed by atoms with Crippen molar-refractivity contribution in [2.24, 2.45) is 0 Å². The molecule has 7 heteroatoms. The van der Waals surface area contributed by atoms with Gasteiger partial charge in [-0.25, -0.2) is 8.42 Å². The maximum absolute atomic E-state index is 11.3. The van der Waals surface area contributed by atoms with Crippen molar-refractivity contribution in [3.8, 4) is 0 Å². The van der Waals surface area contributed by atoms with E-state index in [0.717, 1.165) is 0 Å². The number of ether oxygens (including phenoxy) is 1. The number of methoxy groups -OCH3 is 1. The molecule has 3 N–H and O–H groups in total. The molecule has 3 unspecified atom stereocenters. The molecule has 1 saturated heterocycles. The van der Waals surface area contributed by atoms with Crippen LogP contribution in [0.25, 0.3) is 0 Å². The van der Waals surface area contributed by atoms with Crippen LogP contribution in [-0.2, 0) is 14.6 Å². The molecule has 1 heterocycles. The van der Waals surface area contributed by atoms with Crippen molar-refractivity contribution in [2.75, 3.05) is 31.8 Å². The van der Waals surface area contributed by atoms with Crippen molar-refractivity contribution in [2.45, 2.75) is 31.1 Å². The molecule has 0 bridgehead atoms. The normalized spacial score (nSPS) is 31.3. The zero-order valence-corrected chi connectivity index (χ0v) is 11.0. The van der Waals surface area contributed by atoms with Crippen molar-refractivity contribution in [3.05, 3.63) is 0 Å². The number of hydrogen-bond donors (Lipinski definition) is 3. The summed E-state index contributed by atoms with van der Waals surface area (Å²) in [5.74, 6) is -0.278. The molecule has 0 spiro atoms. The SMILES string of the molecule is COCCC(C)(O)CNC1CS(=O)(=O)CC1O. The van der Waals surface area contributed by atoms with Crippen molar-refractivity contribution in [1.82, 2.24) is 5.32 Å². The van der Waals surface area contributed by atoms with Gasteiger partial charge in [0, 0.05) is 32.7 Å². The Labute approximate surface area is 102 Å². The molecule has 17 heavy (non-hydrogen) atoms. The summed E-state index contributed by atoms with van der Waals surface area (Å²) in [5, 5.41) is 22.4. The summed E-state index contributed by atoms with van der Waals surface area (Å²) in [6.45, 7) is 2.31. The zero-order valence-electron chi connectivity index (χ0n) is 10.2. The first kappa shape index (κ1) is 14.8. The Morgan fingerprint density at radius 3 is 2.59 bits per heavy atom. The van der Waals surface area contributed by atoms with Crippen molar-refractivity contribution in [3.63, 3.8) is 0 Å². The highest BCUT2D eigenvalue weighted by atomic mass is 32.2. The van der Waals surface area contributed by atoms with Crippen LogP contribution in [0.2, 0.25) is 0 Å². The Kier molecular flexibility index (Phi) is 4.91. The fourth-order valence-corrected chi connectivity index (χ4v) is 3.56. The lowest BCUT2D eigenvalue weighted by Gasteiger charge is -2.26. The van der Waals surface area contributed by atoms with Gasteiger partial charge in [0.2, 0.25) is 0 Å². The third kappa shape index (κ3) is 4.89. The van der Waals surface area contributed by atoms with Crippen LogP contribution in [0.1, 0.15) is 13.3 Å². The summed E-state index contributed by atoms with van der Waals surface area (Å²) in [6.07, 6.45) is -0.440. The van der Waals surface area contributed by atoms with Gasteiger partial charge in [0.25, 0.3) is 0 Å². The third-order valence-corrected chi connectivity index (χ3v) is 4.63. The minimum absolute atomic E-state index is 0.0749. The van der Waals surface area contributed by atoms with Gasteiger partial charge in [-0.2, -0.15) is 0 Å². The molecule has 0 aromatic heterocycles. The smallest absolute Gasteiger partial charge is 0.154 e. The van der Waals surface area contributed by atoms with Gasteiger partial charge in [-0.1, -0.05) is 0 Å². The summed E-state index contributed by atoms with van der Waals surface area (Å²) < 4.78 is 27.4. The summed E-state index contributed by atoms with van der Waals surface area (Å²) in [5.41, 5.74) is -0.970. The van der Waals surface area contributed by atoms with Gasteiger partial charge in [0.05, 0.1) is 23.2 Å². The lowest BCUT2D eigenvalue weighted by atomic mass is 10.0. The average molecular weight is 267 g/mol. The molecule has 0 radical (unpaired) electrons. The number of rotatable bonds is 6. The predicted octanol–water partition coefficient (Wildman–Crippen LogP) is -1.48. The van der Waals surface area contributed by atoms with Crippen LogP contribution in [0.15, 0.2) is 0 Å². The molecule has 1 aliphatic rings. The van der Waals surface area contributed by atoms with E-state index in [1.165, 1.54) is 0 Å². The molecule has 0 aromatic rings. The summed E-state index contributed by atoms with van der Waals surface area (Å²) in [6, 6.07) is -0.492. The molecule has 0 aromatic carbocycles. The molecule has 3 atom stereocenters. The first-order chi connectivity index (χ1) is 7.76. The molecule has 1 rings (SSSR count). The maximum atomic E-state index is 11.3. The molecule has 0 saturated carbocycles. The fourth-order valence-electron chi connectivity index (χ4n) is 1.79. The van der Waals surface area contributed by atoms with Crippen LogP contribution in [0.4, 0.5) is 0 Å².